The van der Waals surface area contributed by atoms with E-state index < -0.39 is 12.7 Å². The first kappa shape index (κ1) is 18.9. The number of nitrogens with zero attached hydrogens (tertiary/aromatic N) is 2. The highest BCUT2D eigenvalue weighted by Gasteiger charge is 2.33. The maximum Gasteiger partial charge on any atom is 0.401 e. The van der Waals surface area contributed by atoms with E-state index in [4.69, 9.17) is 0 Å². The SMILES string of the molecule is O=C(c1cccc(-c2ccccc2Br)c1)N1CCN(CC(F)(F)F)CC1. The third-order valence-electron chi connectivity index (χ3n) is 4.36. The molecule has 0 spiro atoms. The lowest BCUT2D eigenvalue weighted by Gasteiger charge is -2.35. The van der Waals surface area contributed by atoms with Crippen molar-refractivity contribution in [1.82, 2.24) is 9.80 Å². The molecule has 2 aromatic rings. The van der Waals surface area contributed by atoms with Crippen LogP contribution in [0.1, 0.15) is 10.4 Å². The summed E-state index contributed by atoms with van der Waals surface area (Å²) < 4.78 is 38.4. The molecule has 2 aromatic carbocycles. The zero-order valence-electron chi connectivity index (χ0n) is 14.0. The van der Waals surface area contributed by atoms with Crippen molar-refractivity contribution >= 4 is 21.8 Å². The van der Waals surface area contributed by atoms with Gasteiger partial charge >= 0.3 is 6.18 Å². The summed E-state index contributed by atoms with van der Waals surface area (Å²) in [6.45, 7) is 0.138. The van der Waals surface area contributed by atoms with Crippen molar-refractivity contribution in [1.29, 1.82) is 0 Å². The zero-order valence-corrected chi connectivity index (χ0v) is 15.6. The Hall–Kier alpha value is -1.86. The fraction of sp³-hybridized carbons (Fsp3) is 0.316. The number of alkyl halides is 3. The van der Waals surface area contributed by atoms with E-state index in [0.29, 0.717) is 18.7 Å². The van der Waals surface area contributed by atoms with Crippen molar-refractivity contribution < 1.29 is 18.0 Å². The third-order valence-corrected chi connectivity index (χ3v) is 5.05. The Morgan fingerprint density at radius 2 is 1.69 bits per heavy atom. The number of piperazine rings is 1. The van der Waals surface area contributed by atoms with Crippen LogP contribution in [0.3, 0.4) is 0 Å². The molecule has 1 heterocycles. The third kappa shape index (κ3) is 4.65. The predicted octanol–water partition coefficient (Wildman–Crippen LogP) is 4.44. The van der Waals surface area contributed by atoms with Crippen LogP contribution in [0.25, 0.3) is 11.1 Å². The van der Waals surface area contributed by atoms with Gasteiger partial charge in [0.05, 0.1) is 6.54 Å². The molecule has 138 valence electrons. The summed E-state index contributed by atoms with van der Waals surface area (Å²) in [4.78, 5) is 15.7. The van der Waals surface area contributed by atoms with Crippen molar-refractivity contribution in [3.63, 3.8) is 0 Å². The summed E-state index contributed by atoms with van der Waals surface area (Å²) in [5.74, 6) is -0.148. The summed E-state index contributed by atoms with van der Waals surface area (Å²) in [5.41, 5.74) is 2.44. The van der Waals surface area contributed by atoms with Crippen LogP contribution in [0, 0.1) is 0 Å². The minimum absolute atomic E-state index is 0.148. The van der Waals surface area contributed by atoms with Crippen LogP contribution in [0.15, 0.2) is 53.0 Å². The lowest BCUT2D eigenvalue weighted by molar-refractivity contribution is -0.148. The van der Waals surface area contributed by atoms with Crippen molar-refractivity contribution in [3.05, 3.63) is 58.6 Å². The van der Waals surface area contributed by atoms with E-state index in [9.17, 15) is 18.0 Å². The maximum atomic E-state index is 12.7. The quantitative estimate of drug-likeness (QED) is 0.724. The van der Waals surface area contributed by atoms with Crippen LogP contribution < -0.4 is 0 Å². The molecule has 1 amide bonds. The van der Waals surface area contributed by atoms with Gasteiger partial charge < -0.3 is 4.90 Å². The molecule has 3 nitrogen and oxygen atoms in total. The Balaban J connectivity index is 1.70. The molecule has 0 aromatic heterocycles. The van der Waals surface area contributed by atoms with Crippen LogP contribution in [0.2, 0.25) is 0 Å². The highest BCUT2D eigenvalue weighted by Crippen LogP contribution is 2.28. The van der Waals surface area contributed by atoms with Gasteiger partial charge in [0.15, 0.2) is 0 Å². The molecule has 0 aliphatic carbocycles. The smallest absolute Gasteiger partial charge is 0.336 e. The fourth-order valence-corrected chi connectivity index (χ4v) is 3.57. The highest BCUT2D eigenvalue weighted by molar-refractivity contribution is 9.10. The van der Waals surface area contributed by atoms with Crippen LogP contribution in [-0.4, -0.2) is 54.6 Å². The van der Waals surface area contributed by atoms with Gasteiger partial charge in [-0.05, 0) is 29.3 Å². The number of rotatable bonds is 3. The normalized spacial score (nSPS) is 15.9. The van der Waals surface area contributed by atoms with E-state index in [2.05, 4.69) is 15.9 Å². The topological polar surface area (TPSA) is 23.6 Å². The highest BCUT2D eigenvalue weighted by atomic mass is 79.9. The number of carbonyl (C=O) groups is 1. The number of benzene rings is 2. The van der Waals surface area contributed by atoms with E-state index in [1.807, 2.05) is 42.5 Å². The monoisotopic (exact) mass is 426 g/mol. The second-order valence-corrected chi connectivity index (χ2v) is 7.10. The number of carbonyl (C=O) groups excluding carboxylic acids is 1. The molecular weight excluding hydrogens is 409 g/mol. The lowest BCUT2D eigenvalue weighted by atomic mass is 10.0. The molecule has 0 N–H and O–H groups in total. The molecule has 0 radical (unpaired) electrons. The molecule has 3 rings (SSSR count). The maximum absolute atomic E-state index is 12.7. The van der Waals surface area contributed by atoms with E-state index >= 15 is 0 Å². The zero-order chi connectivity index (χ0) is 18.7. The number of halogens is 4. The largest absolute Gasteiger partial charge is 0.401 e. The summed E-state index contributed by atoms with van der Waals surface area (Å²) in [5, 5.41) is 0. The van der Waals surface area contributed by atoms with Gasteiger partial charge in [-0.1, -0.05) is 46.3 Å². The van der Waals surface area contributed by atoms with Crippen LogP contribution in [0.5, 0.6) is 0 Å². The minimum atomic E-state index is -4.20. The fourth-order valence-electron chi connectivity index (χ4n) is 3.06. The first-order valence-electron chi connectivity index (χ1n) is 8.27. The van der Waals surface area contributed by atoms with Gasteiger partial charge in [-0.25, -0.2) is 0 Å². The number of hydrogen-bond acceptors (Lipinski definition) is 2. The van der Waals surface area contributed by atoms with Crippen molar-refractivity contribution in [2.75, 3.05) is 32.7 Å². The number of amides is 1. The molecular formula is C19H18BrF3N2O. The van der Waals surface area contributed by atoms with Crippen molar-refractivity contribution in [2.45, 2.75) is 6.18 Å². The summed E-state index contributed by atoms with van der Waals surface area (Å²) in [6, 6.07) is 15.1. The Bertz CT molecular complexity index is 786. The summed E-state index contributed by atoms with van der Waals surface area (Å²) in [7, 11) is 0. The van der Waals surface area contributed by atoms with Gasteiger partial charge in [0.1, 0.15) is 0 Å². The summed E-state index contributed by atoms with van der Waals surface area (Å²) in [6.07, 6.45) is -4.20. The van der Waals surface area contributed by atoms with Gasteiger partial charge in [-0.3, -0.25) is 9.69 Å². The molecule has 0 atom stereocenters. The molecule has 0 unspecified atom stereocenters. The lowest BCUT2D eigenvalue weighted by Crippen LogP contribution is -2.50. The molecule has 1 aliphatic heterocycles. The van der Waals surface area contributed by atoms with E-state index in [0.717, 1.165) is 15.6 Å². The van der Waals surface area contributed by atoms with Crippen LogP contribution in [0.4, 0.5) is 13.2 Å². The second-order valence-electron chi connectivity index (χ2n) is 6.24. The first-order valence-corrected chi connectivity index (χ1v) is 9.06. The van der Waals surface area contributed by atoms with Crippen LogP contribution in [-0.2, 0) is 0 Å². The molecule has 1 aliphatic rings. The molecule has 26 heavy (non-hydrogen) atoms. The minimum Gasteiger partial charge on any atom is -0.336 e. The van der Waals surface area contributed by atoms with Crippen molar-refractivity contribution in [3.8, 4) is 11.1 Å². The Morgan fingerprint density at radius 1 is 1.00 bits per heavy atom. The Morgan fingerprint density at radius 3 is 2.35 bits per heavy atom. The van der Waals surface area contributed by atoms with E-state index in [1.54, 1.807) is 11.0 Å². The van der Waals surface area contributed by atoms with E-state index in [-0.39, 0.29) is 19.0 Å². The summed E-state index contributed by atoms with van der Waals surface area (Å²) >= 11 is 3.51. The Kier molecular flexibility index (Phi) is 5.67. The number of hydrogen-bond donors (Lipinski definition) is 0. The van der Waals surface area contributed by atoms with Gasteiger partial charge in [-0.2, -0.15) is 13.2 Å². The van der Waals surface area contributed by atoms with Gasteiger partial charge in [0, 0.05) is 36.2 Å². The Labute approximate surface area is 158 Å². The van der Waals surface area contributed by atoms with Gasteiger partial charge in [0.25, 0.3) is 5.91 Å². The molecule has 0 saturated carbocycles. The van der Waals surface area contributed by atoms with Gasteiger partial charge in [0.2, 0.25) is 0 Å². The first-order chi connectivity index (χ1) is 12.3. The average Bonchev–Trinajstić information content (AvgIpc) is 2.61. The standard InChI is InChI=1S/C19H18BrF3N2O/c20-17-7-2-1-6-16(17)14-4-3-5-15(12-14)18(26)25-10-8-24(9-11-25)13-19(21,22)23/h1-7,12H,8-11,13H2. The molecule has 1 fully saturated rings. The predicted molar refractivity (Wildman–Crippen MR) is 98.0 cm³/mol. The molecule has 7 heteroatoms. The van der Waals surface area contributed by atoms with Gasteiger partial charge in [-0.15, -0.1) is 0 Å². The van der Waals surface area contributed by atoms with E-state index in [1.165, 1.54) is 4.90 Å². The van der Waals surface area contributed by atoms with Crippen LogP contribution >= 0.6 is 15.9 Å². The molecule has 0 bridgehead atoms. The average molecular weight is 427 g/mol. The van der Waals surface area contributed by atoms with Crippen molar-refractivity contribution in [2.24, 2.45) is 0 Å². The molecule has 1 saturated heterocycles. The second kappa shape index (κ2) is 7.80.